The molecule has 0 saturated carbocycles. The Labute approximate surface area is 178 Å². The van der Waals surface area contributed by atoms with E-state index in [1.807, 2.05) is 30.3 Å². The molecule has 4 nitrogen and oxygen atoms in total. The number of hydrogen-bond donors (Lipinski definition) is 1. The van der Waals surface area contributed by atoms with E-state index in [0.29, 0.717) is 26.7 Å². The van der Waals surface area contributed by atoms with Crippen LogP contribution in [0.25, 0.3) is 5.57 Å². The number of benzene rings is 3. The van der Waals surface area contributed by atoms with E-state index in [2.05, 4.69) is 0 Å². The fraction of sp³-hybridized carbons (Fsp3) is 0.0870. The van der Waals surface area contributed by atoms with Gasteiger partial charge in [0, 0.05) is 15.6 Å². The molecule has 1 amide bonds. The summed E-state index contributed by atoms with van der Waals surface area (Å²) in [5, 5.41) is 13.4. The molecule has 1 unspecified atom stereocenters. The molecule has 1 N–H and O–H groups in total. The van der Waals surface area contributed by atoms with Crippen LogP contribution in [0.2, 0.25) is 10.0 Å². The third-order valence-electron chi connectivity index (χ3n) is 4.70. The fourth-order valence-corrected chi connectivity index (χ4v) is 3.64. The monoisotopic (exact) mass is 425 g/mol. The van der Waals surface area contributed by atoms with Crippen LogP contribution in [-0.4, -0.2) is 16.1 Å². The highest BCUT2D eigenvalue weighted by Gasteiger charge is 2.48. The number of amides is 1. The average molecular weight is 426 g/mol. The Morgan fingerprint density at radius 1 is 0.897 bits per heavy atom. The lowest BCUT2D eigenvalue weighted by Crippen LogP contribution is -2.44. The van der Waals surface area contributed by atoms with Crippen LogP contribution in [0.15, 0.2) is 84.9 Å². The maximum Gasteiger partial charge on any atom is 0.281 e. The third-order valence-corrected chi connectivity index (χ3v) is 5.28. The molecule has 0 fully saturated rings. The van der Waals surface area contributed by atoms with E-state index < -0.39 is 11.6 Å². The van der Waals surface area contributed by atoms with Crippen LogP contribution < -0.4 is 0 Å². The summed E-state index contributed by atoms with van der Waals surface area (Å²) in [7, 11) is 0. The van der Waals surface area contributed by atoms with Crippen LogP contribution in [0.5, 0.6) is 0 Å². The van der Waals surface area contributed by atoms with Crippen molar-refractivity contribution in [2.45, 2.75) is 12.3 Å². The second-order valence-electron chi connectivity index (χ2n) is 6.63. The predicted octanol–water partition coefficient (Wildman–Crippen LogP) is 5.20. The zero-order chi connectivity index (χ0) is 20.4. The zero-order valence-corrected chi connectivity index (χ0v) is 16.8. The van der Waals surface area contributed by atoms with Gasteiger partial charge in [-0.05, 0) is 35.4 Å². The number of hydrogen-bond acceptors (Lipinski definition) is 3. The van der Waals surface area contributed by atoms with Crippen molar-refractivity contribution in [1.29, 1.82) is 0 Å². The highest BCUT2D eigenvalue weighted by Crippen LogP contribution is 2.42. The van der Waals surface area contributed by atoms with E-state index in [9.17, 15) is 9.90 Å². The van der Waals surface area contributed by atoms with Gasteiger partial charge in [0.2, 0.25) is 5.72 Å². The summed E-state index contributed by atoms with van der Waals surface area (Å²) in [6, 6.07) is 23.0. The van der Waals surface area contributed by atoms with Crippen molar-refractivity contribution in [3.05, 3.63) is 112 Å². The molecular formula is C23H17Cl2NO3. The van der Waals surface area contributed by atoms with Gasteiger partial charge in [-0.15, -0.1) is 0 Å². The molecule has 3 aromatic carbocycles. The van der Waals surface area contributed by atoms with Crippen molar-refractivity contribution in [2.75, 3.05) is 0 Å². The second-order valence-corrected chi connectivity index (χ2v) is 7.47. The predicted molar refractivity (Wildman–Crippen MR) is 113 cm³/mol. The quantitative estimate of drug-likeness (QED) is 0.611. The van der Waals surface area contributed by atoms with Crippen LogP contribution in [0.3, 0.4) is 0 Å². The molecule has 3 aromatic rings. The molecule has 0 spiro atoms. The first kappa shape index (κ1) is 19.7. The summed E-state index contributed by atoms with van der Waals surface area (Å²) in [5.41, 5.74) is 0.292. The lowest BCUT2D eigenvalue weighted by molar-refractivity contribution is -0.262. The maximum absolute atomic E-state index is 13.2. The number of aliphatic hydroxyl groups is 1. The lowest BCUT2D eigenvalue weighted by Gasteiger charge is -2.32. The highest BCUT2D eigenvalue weighted by atomic mass is 35.5. The molecule has 1 aliphatic rings. The second kappa shape index (κ2) is 8.01. The molecular weight excluding hydrogens is 409 g/mol. The first-order valence-corrected chi connectivity index (χ1v) is 9.72. The van der Waals surface area contributed by atoms with E-state index in [1.54, 1.807) is 48.5 Å². The topological polar surface area (TPSA) is 49.8 Å². The number of hydroxylamine groups is 2. The number of halogens is 2. The Kier molecular flexibility index (Phi) is 5.43. The van der Waals surface area contributed by atoms with Gasteiger partial charge in [0.25, 0.3) is 5.91 Å². The van der Waals surface area contributed by atoms with Gasteiger partial charge in [0.05, 0.1) is 5.57 Å². The maximum atomic E-state index is 13.2. The first-order valence-electron chi connectivity index (χ1n) is 8.96. The summed E-state index contributed by atoms with van der Waals surface area (Å²) in [5.74, 6) is -0.467. The van der Waals surface area contributed by atoms with Crippen molar-refractivity contribution >= 4 is 34.7 Å². The highest BCUT2D eigenvalue weighted by molar-refractivity contribution is 6.32. The molecule has 4 rings (SSSR count). The van der Waals surface area contributed by atoms with Crippen LogP contribution in [0, 0.1) is 0 Å². The summed E-state index contributed by atoms with van der Waals surface area (Å²) in [6.07, 6.45) is 1.46. The van der Waals surface area contributed by atoms with Gasteiger partial charge in [-0.3, -0.25) is 9.63 Å². The van der Waals surface area contributed by atoms with Crippen LogP contribution in [-0.2, 0) is 22.0 Å². The molecule has 1 atom stereocenters. The van der Waals surface area contributed by atoms with E-state index in [-0.39, 0.29) is 6.61 Å². The number of nitrogens with zero attached hydrogens (tertiary/aromatic N) is 1. The molecule has 1 heterocycles. The van der Waals surface area contributed by atoms with Gasteiger partial charge < -0.3 is 5.11 Å². The van der Waals surface area contributed by atoms with Gasteiger partial charge in [0.15, 0.2) is 0 Å². The first-order chi connectivity index (χ1) is 14.0. The molecule has 29 heavy (non-hydrogen) atoms. The third kappa shape index (κ3) is 3.80. The van der Waals surface area contributed by atoms with Crippen LogP contribution >= 0.6 is 23.2 Å². The smallest absolute Gasteiger partial charge is 0.281 e. The lowest BCUT2D eigenvalue weighted by atomic mass is 10.0. The van der Waals surface area contributed by atoms with Crippen molar-refractivity contribution in [1.82, 2.24) is 5.06 Å². The number of carbonyl (C=O) groups is 1. The minimum Gasteiger partial charge on any atom is -0.362 e. The molecule has 6 heteroatoms. The average Bonchev–Trinajstić information content (AvgIpc) is 2.99. The molecule has 0 aliphatic carbocycles. The van der Waals surface area contributed by atoms with E-state index in [1.165, 1.54) is 6.08 Å². The Hall–Kier alpha value is -2.63. The van der Waals surface area contributed by atoms with E-state index in [4.69, 9.17) is 28.0 Å². The summed E-state index contributed by atoms with van der Waals surface area (Å²) >= 11 is 12.3. The zero-order valence-electron chi connectivity index (χ0n) is 15.3. The molecule has 1 aliphatic heterocycles. The van der Waals surface area contributed by atoms with Crippen molar-refractivity contribution in [3.63, 3.8) is 0 Å². The van der Waals surface area contributed by atoms with Crippen LogP contribution in [0.1, 0.15) is 16.7 Å². The van der Waals surface area contributed by atoms with Crippen molar-refractivity contribution < 1.29 is 14.7 Å². The fourth-order valence-electron chi connectivity index (χ4n) is 3.24. The molecule has 0 bridgehead atoms. The van der Waals surface area contributed by atoms with Crippen LogP contribution in [0.4, 0.5) is 0 Å². The number of carbonyl (C=O) groups excluding carboxylic acids is 1. The Balaban J connectivity index is 1.75. The normalized spacial score (nSPS) is 18.8. The number of rotatable bonds is 5. The molecule has 0 saturated heterocycles. The molecule has 146 valence electrons. The van der Waals surface area contributed by atoms with Crippen molar-refractivity contribution in [2.24, 2.45) is 0 Å². The van der Waals surface area contributed by atoms with E-state index >= 15 is 0 Å². The minimum atomic E-state index is -1.85. The Morgan fingerprint density at radius 3 is 2.24 bits per heavy atom. The van der Waals surface area contributed by atoms with Gasteiger partial charge in [-0.25, -0.2) is 0 Å². The van der Waals surface area contributed by atoms with Crippen molar-refractivity contribution in [3.8, 4) is 0 Å². The SMILES string of the molecule is O=C1C(c2ccc(Cl)cc2)=CC(O)(c2ccccc2Cl)N1OCc1ccccc1. The summed E-state index contributed by atoms with van der Waals surface area (Å²) < 4.78 is 0. The van der Waals surface area contributed by atoms with Gasteiger partial charge >= 0.3 is 0 Å². The summed E-state index contributed by atoms with van der Waals surface area (Å²) in [6.45, 7) is 0.112. The largest absolute Gasteiger partial charge is 0.362 e. The minimum absolute atomic E-state index is 0.112. The summed E-state index contributed by atoms with van der Waals surface area (Å²) in [4.78, 5) is 19.0. The Morgan fingerprint density at radius 2 is 1.55 bits per heavy atom. The Bertz CT molecular complexity index is 1070. The van der Waals surface area contributed by atoms with E-state index in [0.717, 1.165) is 10.6 Å². The standard InChI is InChI=1S/C23H17Cl2NO3/c24-18-12-10-17(11-13-18)19-14-23(28,20-8-4-5-9-21(20)25)26(22(19)27)29-15-16-6-2-1-3-7-16/h1-14,28H,15H2. The van der Waals surface area contributed by atoms with Gasteiger partial charge in [-0.2, -0.15) is 5.06 Å². The molecule has 0 aromatic heterocycles. The molecule has 0 radical (unpaired) electrons. The van der Waals surface area contributed by atoms with Gasteiger partial charge in [-0.1, -0.05) is 83.9 Å². The van der Waals surface area contributed by atoms with Gasteiger partial charge in [0.1, 0.15) is 6.61 Å².